The van der Waals surface area contributed by atoms with Gasteiger partial charge in [0.15, 0.2) is 0 Å². The third-order valence-electron chi connectivity index (χ3n) is 7.38. The van der Waals surface area contributed by atoms with Crippen molar-refractivity contribution in [2.75, 3.05) is 39.1 Å². The maximum absolute atomic E-state index is 13.5. The predicted octanol–water partition coefficient (Wildman–Crippen LogP) is 6.18. The van der Waals surface area contributed by atoms with Crippen LogP contribution < -0.4 is 4.90 Å². The van der Waals surface area contributed by atoms with Gasteiger partial charge in [0.05, 0.1) is 6.54 Å². The second kappa shape index (κ2) is 18.5. The van der Waals surface area contributed by atoms with Crippen molar-refractivity contribution in [3.8, 4) is 0 Å². The highest BCUT2D eigenvalue weighted by molar-refractivity contribution is 6.30. The molecule has 0 saturated carbocycles. The van der Waals surface area contributed by atoms with Crippen molar-refractivity contribution in [1.29, 1.82) is 0 Å². The van der Waals surface area contributed by atoms with Crippen LogP contribution in [0.2, 0.25) is 5.02 Å². The summed E-state index contributed by atoms with van der Waals surface area (Å²) in [6, 6.07) is 23.5. The van der Waals surface area contributed by atoms with E-state index in [4.69, 9.17) is 31.4 Å². The molecule has 1 aliphatic rings. The first kappa shape index (κ1) is 42.5. The molecule has 3 aromatic rings. The van der Waals surface area contributed by atoms with Gasteiger partial charge in [-0.05, 0) is 75.1 Å². The monoisotopic (exact) mass is 746 g/mol. The molecule has 17 heteroatoms. The lowest BCUT2D eigenvalue weighted by Gasteiger charge is -2.26. The molecule has 51 heavy (non-hydrogen) atoms. The molecule has 1 unspecified atom stereocenters. The maximum atomic E-state index is 13.5. The van der Waals surface area contributed by atoms with Crippen molar-refractivity contribution in [3.63, 3.8) is 0 Å². The Morgan fingerprint density at radius 2 is 1.35 bits per heavy atom. The highest BCUT2D eigenvalue weighted by Gasteiger charge is 2.39. The summed E-state index contributed by atoms with van der Waals surface area (Å²) in [6.45, 7) is 4.85. The summed E-state index contributed by atoms with van der Waals surface area (Å²) < 4.78 is 63.5. The molecule has 0 bridgehead atoms. The van der Waals surface area contributed by atoms with Crippen molar-refractivity contribution in [1.82, 2.24) is 14.7 Å². The molecule has 0 spiro atoms. The van der Waals surface area contributed by atoms with Gasteiger partial charge in [0, 0.05) is 41.9 Å². The van der Waals surface area contributed by atoms with Crippen LogP contribution >= 0.6 is 11.6 Å². The van der Waals surface area contributed by atoms with Crippen LogP contribution in [-0.2, 0) is 34.0 Å². The first-order chi connectivity index (χ1) is 23.6. The van der Waals surface area contributed by atoms with Crippen LogP contribution in [0.1, 0.15) is 34.0 Å². The molecular weight excluding hydrogens is 710 g/mol. The average molecular weight is 747 g/mol. The van der Waals surface area contributed by atoms with Crippen LogP contribution in [0, 0.1) is 0 Å². The average Bonchev–Trinajstić information content (AvgIpc) is 3.16. The number of carbonyl (C=O) groups is 4. The van der Waals surface area contributed by atoms with Gasteiger partial charge in [-0.2, -0.15) is 26.3 Å². The summed E-state index contributed by atoms with van der Waals surface area (Å²) >= 11 is 6.00. The van der Waals surface area contributed by atoms with Gasteiger partial charge >= 0.3 is 24.3 Å². The first-order valence-electron chi connectivity index (χ1n) is 15.1. The minimum Gasteiger partial charge on any atom is -0.475 e. The fraction of sp³-hybridized carbons (Fsp3) is 0.353. The van der Waals surface area contributed by atoms with Crippen LogP contribution in [0.4, 0.5) is 32.0 Å². The van der Waals surface area contributed by atoms with E-state index in [1.54, 1.807) is 34.1 Å². The Hall–Kier alpha value is -4.67. The van der Waals surface area contributed by atoms with Crippen LogP contribution in [0.25, 0.3) is 0 Å². The van der Waals surface area contributed by atoms with E-state index in [9.17, 15) is 35.9 Å². The molecule has 0 aliphatic carbocycles. The minimum atomic E-state index is -5.08. The van der Waals surface area contributed by atoms with Gasteiger partial charge in [-0.15, -0.1) is 0 Å². The molecule has 0 aromatic heterocycles. The van der Waals surface area contributed by atoms with Crippen molar-refractivity contribution < 1.29 is 55.7 Å². The summed E-state index contributed by atoms with van der Waals surface area (Å²) in [5.41, 5.74) is 4.59. The molecule has 10 nitrogen and oxygen atoms in total. The Labute approximate surface area is 295 Å². The second-order valence-corrected chi connectivity index (χ2v) is 12.1. The Kier molecular flexibility index (Phi) is 15.4. The Balaban J connectivity index is 0.000000543. The minimum absolute atomic E-state index is 0.0149. The SMILES string of the molecule is CC(CN(C)Cc1cccc(CN2C(=O)CN(C(=O)c3ccc(Cl)cc3)Cc3ccccc32)c1)N(C)C.O=C(O)C(F)(F)F.O=C(O)C(F)(F)F. The van der Waals surface area contributed by atoms with Gasteiger partial charge < -0.3 is 29.8 Å². The number of hydrogen-bond acceptors (Lipinski definition) is 6. The highest BCUT2D eigenvalue weighted by Crippen LogP contribution is 2.28. The summed E-state index contributed by atoms with van der Waals surface area (Å²) in [7, 11) is 6.33. The number of carboxylic acid groups (broad SMARTS) is 2. The van der Waals surface area contributed by atoms with Gasteiger partial charge in [-0.25, -0.2) is 9.59 Å². The van der Waals surface area contributed by atoms with E-state index in [0.29, 0.717) is 29.7 Å². The molecule has 0 radical (unpaired) electrons. The van der Waals surface area contributed by atoms with Crippen LogP contribution in [0.15, 0.2) is 72.8 Å². The number of rotatable bonds is 8. The number of halogens is 7. The number of carboxylic acids is 2. The van der Waals surface area contributed by atoms with Gasteiger partial charge in [0.2, 0.25) is 5.91 Å². The quantitative estimate of drug-likeness (QED) is 0.263. The lowest BCUT2D eigenvalue weighted by Crippen LogP contribution is -2.39. The largest absolute Gasteiger partial charge is 0.490 e. The molecule has 278 valence electrons. The van der Waals surface area contributed by atoms with Crippen molar-refractivity contribution in [2.24, 2.45) is 0 Å². The van der Waals surface area contributed by atoms with Crippen molar-refractivity contribution in [3.05, 3.63) is 100 Å². The third-order valence-corrected chi connectivity index (χ3v) is 7.63. The maximum Gasteiger partial charge on any atom is 0.490 e. The number of fused-ring (bicyclic) bond motifs is 1. The lowest BCUT2D eigenvalue weighted by atomic mass is 10.1. The number of benzene rings is 3. The summed E-state index contributed by atoms with van der Waals surface area (Å²) in [6.07, 6.45) is -10.2. The molecule has 1 aliphatic heterocycles. The standard InChI is InChI=1S/C30H35ClN4O2.2C2HF3O2/c1-22(32(2)3)17-33(4)18-23-8-7-9-24(16-23)19-35-28-11-6-5-10-26(28)20-34(21-29(35)36)30(37)25-12-14-27(31)15-13-25;2*3-2(4,5)1(6)7/h5-16,22H,17-21H2,1-4H3;2*(H,6,7). The van der Waals surface area contributed by atoms with E-state index in [-0.39, 0.29) is 18.4 Å². The van der Waals surface area contributed by atoms with Gasteiger partial charge in [-0.3, -0.25) is 9.59 Å². The van der Waals surface area contributed by atoms with Crippen molar-refractivity contribution >= 4 is 41.0 Å². The molecule has 2 amide bonds. The topological polar surface area (TPSA) is 122 Å². The third kappa shape index (κ3) is 13.9. The molecule has 0 fully saturated rings. The number of anilines is 1. The summed E-state index contributed by atoms with van der Waals surface area (Å²) in [5, 5.41) is 14.8. The Bertz CT molecular complexity index is 1630. The lowest BCUT2D eigenvalue weighted by molar-refractivity contribution is -0.193. The number of aliphatic carboxylic acids is 2. The zero-order valence-corrected chi connectivity index (χ0v) is 28.8. The van der Waals surface area contributed by atoms with Gasteiger partial charge in [0.25, 0.3) is 5.91 Å². The first-order valence-corrected chi connectivity index (χ1v) is 15.4. The number of amides is 2. The zero-order chi connectivity index (χ0) is 38.7. The normalized spacial score (nSPS) is 13.7. The highest BCUT2D eigenvalue weighted by atomic mass is 35.5. The Morgan fingerprint density at radius 3 is 1.88 bits per heavy atom. The van der Waals surface area contributed by atoms with E-state index < -0.39 is 24.3 Å². The fourth-order valence-corrected chi connectivity index (χ4v) is 4.77. The van der Waals surface area contributed by atoms with E-state index in [1.165, 1.54) is 5.56 Å². The van der Waals surface area contributed by atoms with E-state index in [0.717, 1.165) is 29.9 Å². The number of carbonyl (C=O) groups excluding carboxylic acids is 2. The Morgan fingerprint density at radius 1 is 0.824 bits per heavy atom. The fourth-order valence-electron chi connectivity index (χ4n) is 4.64. The number of likely N-dealkylation sites (N-methyl/N-ethyl adjacent to an activating group) is 2. The van der Waals surface area contributed by atoms with E-state index in [2.05, 4.69) is 62.1 Å². The van der Waals surface area contributed by atoms with Gasteiger partial charge in [0.1, 0.15) is 6.54 Å². The number of nitrogens with zero attached hydrogens (tertiary/aromatic N) is 4. The summed E-state index contributed by atoms with van der Waals surface area (Å²) in [4.78, 5) is 52.5. The molecular formula is C34H37ClF6N4O6. The van der Waals surface area contributed by atoms with Crippen LogP contribution in [0.3, 0.4) is 0 Å². The van der Waals surface area contributed by atoms with Crippen molar-refractivity contribution in [2.45, 2.75) is 45.0 Å². The van der Waals surface area contributed by atoms with E-state index >= 15 is 0 Å². The van der Waals surface area contributed by atoms with Crippen LogP contribution in [0.5, 0.6) is 0 Å². The molecule has 1 heterocycles. The molecule has 3 aromatic carbocycles. The van der Waals surface area contributed by atoms with Gasteiger partial charge in [-0.1, -0.05) is 54.1 Å². The molecule has 0 saturated heterocycles. The second-order valence-electron chi connectivity index (χ2n) is 11.7. The predicted molar refractivity (Wildman–Crippen MR) is 177 cm³/mol. The molecule has 1 atom stereocenters. The summed E-state index contributed by atoms with van der Waals surface area (Å²) in [5.74, 6) is -5.80. The number of para-hydroxylation sites is 1. The number of hydrogen-bond donors (Lipinski definition) is 2. The van der Waals surface area contributed by atoms with Crippen LogP contribution in [-0.4, -0.2) is 101 Å². The molecule has 2 N–H and O–H groups in total. The van der Waals surface area contributed by atoms with E-state index in [1.807, 2.05) is 24.3 Å². The number of alkyl halides is 6. The zero-order valence-electron chi connectivity index (χ0n) is 28.0. The molecule has 4 rings (SSSR count). The smallest absolute Gasteiger partial charge is 0.475 e.